The Kier molecular flexibility index (Phi) is 6.12. The molecule has 1 unspecified atom stereocenters. The van der Waals surface area contributed by atoms with Gasteiger partial charge in [-0.1, -0.05) is 51.5 Å². The van der Waals surface area contributed by atoms with E-state index in [1.165, 1.54) is 0 Å². The Morgan fingerprint density at radius 3 is 2.50 bits per heavy atom. The van der Waals surface area contributed by atoms with Crippen LogP contribution in [0.15, 0.2) is 41.3 Å². The fraction of sp³-hybridized carbons (Fsp3) is 0.462. The first-order chi connectivity index (χ1) is 15.2. The highest BCUT2D eigenvalue weighted by Gasteiger charge is 2.49. The standard InChI is InChI=1S/C26H34N2O3S/c1-6-7-18-32(29,30)23-15-14-22-24(26(2,3)25-28(22)16-17-31-25)21(23)13-10-19-8-11-20(12-9-19)27(4)5/h8-15,25H,6-7,16-18H2,1-5H3. The Labute approximate surface area is 192 Å². The molecule has 5 nitrogen and oxygen atoms in total. The number of nitrogens with zero attached hydrogens (tertiary/aromatic N) is 2. The quantitative estimate of drug-likeness (QED) is 0.554. The van der Waals surface area contributed by atoms with Crippen LogP contribution in [0.5, 0.6) is 0 Å². The van der Waals surface area contributed by atoms with Crippen LogP contribution in [0.1, 0.15) is 50.3 Å². The van der Waals surface area contributed by atoms with Crippen LogP contribution < -0.4 is 9.80 Å². The number of unbranched alkanes of at least 4 members (excludes halogenated alkanes) is 1. The van der Waals surface area contributed by atoms with Crippen LogP contribution >= 0.6 is 0 Å². The van der Waals surface area contributed by atoms with Crippen LogP contribution in [0.4, 0.5) is 11.4 Å². The molecule has 1 atom stereocenters. The van der Waals surface area contributed by atoms with Gasteiger partial charge in [0.1, 0.15) is 6.23 Å². The van der Waals surface area contributed by atoms with E-state index in [9.17, 15) is 8.42 Å². The fourth-order valence-electron chi connectivity index (χ4n) is 4.89. The highest BCUT2D eigenvalue weighted by molar-refractivity contribution is 7.91. The molecule has 0 saturated carbocycles. The first-order valence-corrected chi connectivity index (χ1v) is 13.1. The third-order valence-corrected chi connectivity index (χ3v) is 8.45. The summed E-state index contributed by atoms with van der Waals surface area (Å²) in [5, 5.41) is 0. The van der Waals surface area contributed by atoms with Gasteiger partial charge in [0.2, 0.25) is 0 Å². The maximum atomic E-state index is 13.3. The van der Waals surface area contributed by atoms with E-state index in [1.54, 1.807) is 6.07 Å². The lowest BCUT2D eigenvalue weighted by atomic mass is 9.82. The van der Waals surface area contributed by atoms with Crippen LogP contribution in [0, 0.1) is 0 Å². The van der Waals surface area contributed by atoms with Crippen molar-refractivity contribution >= 4 is 33.4 Å². The predicted octanol–water partition coefficient (Wildman–Crippen LogP) is 4.95. The van der Waals surface area contributed by atoms with Gasteiger partial charge in [0.15, 0.2) is 9.84 Å². The molecule has 1 fully saturated rings. The Balaban J connectivity index is 1.84. The van der Waals surface area contributed by atoms with E-state index in [4.69, 9.17) is 4.74 Å². The third kappa shape index (κ3) is 3.95. The predicted molar refractivity (Wildman–Crippen MR) is 133 cm³/mol. The lowest BCUT2D eigenvalue weighted by Crippen LogP contribution is -2.37. The fourth-order valence-corrected chi connectivity index (χ4v) is 6.56. The summed E-state index contributed by atoms with van der Waals surface area (Å²) in [5.74, 6) is 0.171. The van der Waals surface area contributed by atoms with Crippen LogP contribution in [-0.4, -0.2) is 47.6 Å². The van der Waals surface area contributed by atoms with Crippen molar-refractivity contribution in [3.8, 4) is 0 Å². The van der Waals surface area contributed by atoms with Gasteiger partial charge < -0.3 is 14.5 Å². The van der Waals surface area contributed by atoms with Gasteiger partial charge in [0, 0.05) is 37.4 Å². The minimum Gasteiger partial charge on any atom is -0.378 e. The third-order valence-electron chi connectivity index (χ3n) is 6.60. The first kappa shape index (κ1) is 22.9. The minimum absolute atomic E-state index is 0.0578. The molecule has 4 rings (SSSR count). The van der Waals surface area contributed by atoms with Gasteiger partial charge in [-0.05, 0) is 47.4 Å². The molecule has 172 valence electrons. The highest BCUT2D eigenvalue weighted by atomic mass is 32.2. The van der Waals surface area contributed by atoms with Crippen molar-refractivity contribution in [2.45, 2.75) is 50.2 Å². The van der Waals surface area contributed by atoms with Crippen molar-refractivity contribution < 1.29 is 13.2 Å². The summed E-state index contributed by atoms with van der Waals surface area (Å²) in [6.07, 6.45) is 5.47. The van der Waals surface area contributed by atoms with E-state index in [0.717, 1.165) is 41.0 Å². The molecule has 2 aliphatic rings. The molecule has 2 aromatic carbocycles. The van der Waals surface area contributed by atoms with E-state index in [1.807, 2.05) is 39.2 Å². The molecule has 1 saturated heterocycles. The van der Waals surface area contributed by atoms with Crippen molar-refractivity contribution in [3.05, 3.63) is 53.1 Å². The van der Waals surface area contributed by atoms with Gasteiger partial charge in [-0.3, -0.25) is 0 Å². The maximum absolute atomic E-state index is 13.3. The van der Waals surface area contributed by atoms with Crippen molar-refractivity contribution in [2.75, 3.05) is 42.8 Å². The van der Waals surface area contributed by atoms with Gasteiger partial charge in [-0.15, -0.1) is 0 Å². The van der Waals surface area contributed by atoms with Crippen LogP contribution in [0.25, 0.3) is 12.2 Å². The van der Waals surface area contributed by atoms with Crippen molar-refractivity contribution in [1.82, 2.24) is 0 Å². The zero-order valence-corrected chi connectivity index (χ0v) is 20.6. The van der Waals surface area contributed by atoms with Gasteiger partial charge in [-0.2, -0.15) is 0 Å². The molecule has 0 aromatic heterocycles. The summed E-state index contributed by atoms with van der Waals surface area (Å²) in [5.41, 5.74) is 4.83. The van der Waals surface area contributed by atoms with E-state index in [2.05, 4.69) is 47.9 Å². The molecule has 32 heavy (non-hydrogen) atoms. The SMILES string of the molecule is CCCCS(=O)(=O)c1ccc2c(c1C=Cc1ccc(N(C)C)cc1)C(C)(C)C1OCCN21. The molecule has 2 heterocycles. The normalized spacial score (nSPS) is 19.4. The largest absolute Gasteiger partial charge is 0.378 e. The van der Waals surface area contributed by atoms with Crippen molar-refractivity contribution in [1.29, 1.82) is 0 Å². The van der Waals surface area contributed by atoms with Crippen LogP contribution in [0.3, 0.4) is 0 Å². The van der Waals surface area contributed by atoms with E-state index in [-0.39, 0.29) is 17.4 Å². The molecule has 6 heteroatoms. The van der Waals surface area contributed by atoms with Crippen LogP contribution in [0.2, 0.25) is 0 Å². The first-order valence-electron chi connectivity index (χ1n) is 11.4. The van der Waals surface area contributed by atoms with Gasteiger partial charge in [0.25, 0.3) is 0 Å². The zero-order chi connectivity index (χ0) is 23.1. The number of benzene rings is 2. The number of rotatable bonds is 7. The smallest absolute Gasteiger partial charge is 0.178 e. The number of anilines is 2. The summed E-state index contributed by atoms with van der Waals surface area (Å²) in [6.45, 7) is 7.87. The lowest BCUT2D eigenvalue weighted by molar-refractivity contribution is 0.0665. The second-order valence-corrected chi connectivity index (χ2v) is 11.6. The summed E-state index contributed by atoms with van der Waals surface area (Å²) in [4.78, 5) is 4.77. The van der Waals surface area contributed by atoms with Crippen molar-refractivity contribution in [2.24, 2.45) is 0 Å². The number of hydrogen-bond donors (Lipinski definition) is 0. The Morgan fingerprint density at radius 2 is 1.84 bits per heavy atom. The Hall–Kier alpha value is -2.31. The number of sulfone groups is 1. The molecular formula is C26H34N2O3S. The molecule has 0 spiro atoms. The Bertz CT molecular complexity index is 1120. The number of ether oxygens (including phenoxy) is 1. The van der Waals surface area contributed by atoms with E-state index < -0.39 is 9.84 Å². The molecular weight excluding hydrogens is 420 g/mol. The van der Waals surface area contributed by atoms with Gasteiger partial charge >= 0.3 is 0 Å². The number of fused-ring (bicyclic) bond motifs is 3. The van der Waals surface area contributed by atoms with Gasteiger partial charge in [-0.25, -0.2) is 8.42 Å². The average molecular weight is 455 g/mol. The van der Waals surface area contributed by atoms with E-state index in [0.29, 0.717) is 17.9 Å². The number of hydrogen-bond acceptors (Lipinski definition) is 5. The average Bonchev–Trinajstić information content (AvgIpc) is 3.33. The van der Waals surface area contributed by atoms with Crippen molar-refractivity contribution in [3.63, 3.8) is 0 Å². The summed E-state index contributed by atoms with van der Waals surface area (Å²) >= 11 is 0. The van der Waals surface area contributed by atoms with Crippen LogP contribution in [-0.2, 0) is 20.0 Å². The molecule has 0 amide bonds. The van der Waals surface area contributed by atoms with E-state index >= 15 is 0 Å². The highest BCUT2D eigenvalue weighted by Crippen LogP contribution is 2.50. The molecule has 0 radical (unpaired) electrons. The second kappa shape index (κ2) is 8.56. The maximum Gasteiger partial charge on any atom is 0.178 e. The topological polar surface area (TPSA) is 49.9 Å². The molecule has 0 bridgehead atoms. The second-order valence-electron chi connectivity index (χ2n) is 9.50. The Morgan fingerprint density at radius 1 is 1.12 bits per heavy atom. The van der Waals surface area contributed by atoms with Gasteiger partial charge in [0.05, 0.1) is 17.3 Å². The minimum atomic E-state index is -3.39. The lowest BCUT2D eigenvalue weighted by Gasteiger charge is -2.28. The summed E-state index contributed by atoms with van der Waals surface area (Å²) < 4.78 is 32.7. The molecule has 0 N–H and O–H groups in total. The molecule has 2 aliphatic heterocycles. The molecule has 0 aliphatic carbocycles. The molecule has 2 aromatic rings. The monoisotopic (exact) mass is 454 g/mol. The zero-order valence-electron chi connectivity index (χ0n) is 19.8. The summed E-state index contributed by atoms with van der Waals surface area (Å²) in [6, 6.07) is 12.0. The summed E-state index contributed by atoms with van der Waals surface area (Å²) in [7, 11) is 0.643.